The standard InChI is InChI=1S/C19H29FN6O/c1-15(2)14-18(19-21-22-23-26(19)12-13-27-3)25-10-8-24(9-11-25)17-7-5-4-6-16(17)20/h4-7,15,18H,8-14H2,1-3H3/p+1/t18-/m0/s1. The Labute approximate surface area is 160 Å². The quantitative estimate of drug-likeness (QED) is 0.742. The Kier molecular flexibility index (Phi) is 6.73. The van der Waals surface area contributed by atoms with E-state index in [1.165, 1.54) is 11.0 Å². The number of benzene rings is 1. The van der Waals surface area contributed by atoms with E-state index in [0.717, 1.165) is 38.4 Å². The molecule has 1 aliphatic heterocycles. The van der Waals surface area contributed by atoms with Crippen LogP contribution in [0.5, 0.6) is 0 Å². The highest BCUT2D eigenvalue weighted by Crippen LogP contribution is 2.20. The average molecular weight is 377 g/mol. The lowest BCUT2D eigenvalue weighted by atomic mass is 10.0. The van der Waals surface area contributed by atoms with Crippen LogP contribution < -0.4 is 9.80 Å². The SMILES string of the molecule is COCCn1nnnc1[C@H](CC(C)C)[NH+]1CCN(c2ccccc2F)CC1. The monoisotopic (exact) mass is 377 g/mol. The number of nitrogens with one attached hydrogen (secondary N) is 1. The highest BCUT2D eigenvalue weighted by molar-refractivity contribution is 5.47. The molecule has 1 fully saturated rings. The first-order valence-electron chi connectivity index (χ1n) is 9.69. The van der Waals surface area contributed by atoms with Crippen molar-refractivity contribution in [3.63, 3.8) is 0 Å². The number of hydrogen-bond donors (Lipinski definition) is 1. The molecule has 8 heteroatoms. The van der Waals surface area contributed by atoms with Crippen LogP contribution in [0.25, 0.3) is 0 Å². The van der Waals surface area contributed by atoms with E-state index in [1.807, 2.05) is 16.8 Å². The Balaban J connectivity index is 1.72. The summed E-state index contributed by atoms with van der Waals surface area (Å²) < 4.78 is 21.2. The smallest absolute Gasteiger partial charge is 0.209 e. The van der Waals surface area contributed by atoms with Gasteiger partial charge in [-0.2, -0.15) is 0 Å². The summed E-state index contributed by atoms with van der Waals surface area (Å²) in [5.74, 6) is 1.32. The molecule has 0 radical (unpaired) electrons. The summed E-state index contributed by atoms with van der Waals surface area (Å²) in [5.41, 5.74) is 0.696. The maximum Gasteiger partial charge on any atom is 0.209 e. The van der Waals surface area contributed by atoms with Crippen molar-refractivity contribution >= 4 is 5.69 Å². The van der Waals surface area contributed by atoms with Gasteiger partial charge in [-0.15, -0.1) is 5.10 Å². The first-order valence-corrected chi connectivity index (χ1v) is 9.69. The lowest BCUT2D eigenvalue weighted by molar-refractivity contribution is -0.934. The molecule has 7 nitrogen and oxygen atoms in total. The third-order valence-electron chi connectivity index (χ3n) is 5.18. The lowest BCUT2D eigenvalue weighted by Gasteiger charge is -2.37. The zero-order valence-electron chi connectivity index (χ0n) is 16.4. The van der Waals surface area contributed by atoms with E-state index in [9.17, 15) is 4.39 Å². The second-order valence-corrected chi connectivity index (χ2v) is 7.53. The van der Waals surface area contributed by atoms with Crippen LogP contribution in [0.1, 0.15) is 32.1 Å². The van der Waals surface area contributed by atoms with Crippen molar-refractivity contribution < 1.29 is 14.0 Å². The van der Waals surface area contributed by atoms with E-state index in [4.69, 9.17) is 4.74 Å². The van der Waals surface area contributed by atoms with Gasteiger partial charge in [-0.3, -0.25) is 0 Å². The molecule has 1 saturated heterocycles. The molecular formula is C19H30FN6O+. The highest BCUT2D eigenvalue weighted by atomic mass is 19.1. The van der Waals surface area contributed by atoms with Gasteiger partial charge in [-0.25, -0.2) is 9.07 Å². The number of quaternary nitrogens is 1. The Morgan fingerprint density at radius 2 is 1.96 bits per heavy atom. The van der Waals surface area contributed by atoms with Crippen molar-refractivity contribution in [2.45, 2.75) is 32.9 Å². The zero-order valence-corrected chi connectivity index (χ0v) is 16.4. The molecule has 1 atom stereocenters. The topological polar surface area (TPSA) is 60.5 Å². The maximum absolute atomic E-state index is 14.1. The van der Waals surface area contributed by atoms with Crippen LogP contribution in [-0.4, -0.2) is 60.1 Å². The molecule has 1 aromatic carbocycles. The number of para-hydroxylation sites is 1. The number of nitrogens with zero attached hydrogens (tertiary/aromatic N) is 5. The summed E-state index contributed by atoms with van der Waals surface area (Å²) in [7, 11) is 1.68. The predicted molar refractivity (Wildman–Crippen MR) is 101 cm³/mol. The lowest BCUT2D eigenvalue weighted by Crippen LogP contribution is -3.15. The van der Waals surface area contributed by atoms with Gasteiger partial charge in [0.2, 0.25) is 5.82 Å². The fourth-order valence-corrected chi connectivity index (χ4v) is 3.82. The van der Waals surface area contributed by atoms with Gasteiger partial charge in [0, 0.05) is 13.5 Å². The first kappa shape index (κ1) is 19.7. The Morgan fingerprint density at radius 1 is 1.22 bits per heavy atom. The Bertz CT molecular complexity index is 714. The van der Waals surface area contributed by atoms with Crippen molar-refractivity contribution in [1.82, 2.24) is 20.2 Å². The summed E-state index contributed by atoms with van der Waals surface area (Å²) in [5, 5.41) is 12.4. The van der Waals surface area contributed by atoms with Crippen LogP contribution in [0.3, 0.4) is 0 Å². The molecule has 0 unspecified atom stereocenters. The number of anilines is 1. The van der Waals surface area contributed by atoms with Crippen molar-refractivity contribution in [2.24, 2.45) is 5.92 Å². The van der Waals surface area contributed by atoms with E-state index in [-0.39, 0.29) is 11.9 Å². The van der Waals surface area contributed by atoms with Gasteiger partial charge < -0.3 is 14.5 Å². The summed E-state index contributed by atoms with van der Waals surface area (Å²) in [6.45, 7) is 9.21. The molecule has 1 aromatic heterocycles. The van der Waals surface area contributed by atoms with E-state index in [0.29, 0.717) is 24.8 Å². The fraction of sp³-hybridized carbons (Fsp3) is 0.632. The summed E-state index contributed by atoms with van der Waals surface area (Å²) in [4.78, 5) is 3.60. The van der Waals surface area contributed by atoms with Crippen molar-refractivity contribution in [3.05, 3.63) is 35.9 Å². The average Bonchev–Trinajstić information content (AvgIpc) is 3.13. The molecular weight excluding hydrogens is 347 g/mol. The summed E-state index contributed by atoms with van der Waals surface area (Å²) in [6, 6.07) is 7.25. The Morgan fingerprint density at radius 3 is 2.63 bits per heavy atom. The van der Waals surface area contributed by atoms with E-state index < -0.39 is 0 Å². The normalized spacial score (nSPS) is 16.9. The minimum Gasteiger partial charge on any atom is -0.383 e. The molecule has 0 amide bonds. The molecule has 2 aromatic rings. The number of hydrogen-bond acceptors (Lipinski definition) is 5. The first-order chi connectivity index (χ1) is 13.1. The van der Waals surface area contributed by atoms with Gasteiger partial charge >= 0.3 is 0 Å². The number of aromatic nitrogens is 4. The number of rotatable bonds is 8. The molecule has 1 N–H and O–H groups in total. The second-order valence-electron chi connectivity index (χ2n) is 7.53. The molecule has 0 aliphatic carbocycles. The van der Waals surface area contributed by atoms with Crippen LogP contribution in [0, 0.1) is 11.7 Å². The van der Waals surface area contributed by atoms with E-state index in [1.54, 1.807) is 13.2 Å². The summed E-state index contributed by atoms with van der Waals surface area (Å²) >= 11 is 0. The summed E-state index contributed by atoms with van der Waals surface area (Å²) in [6.07, 6.45) is 1.02. The van der Waals surface area contributed by atoms with Crippen LogP contribution >= 0.6 is 0 Å². The van der Waals surface area contributed by atoms with Crippen LogP contribution in [0.2, 0.25) is 0 Å². The third-order valence-corrected chi connectivity index (χ3v) is 5.18. The number of methoxy groups -OCH3 is 1. The molecule has 2 heterocycles. The second kappa shape index (κ2) is 9.23. The van der Waals surface area contributed by atoms with Crippen molar-refractivity contribution in [2.75, 3.05) is 44.8 Å². The highest BCUT2D eigenvalue weighted by Gasteiger charge is 2.33. The van der Waals surface area contributed by atoms with Gasteiger partial charge in [0.1, 0.15) is 11.9 Å². The molecule has 0 bridgehead atoms. The van der Waals surface area contributed by atoms with Gasteiger partial charge in [0.15, 0.2) is 0 Å². The van der Waals surface area contributed by atoms with Crippen molar-refractivity contribution in [1.29, 1.82) is 0 Å². The predicted octanol–water partition coefficient (Wildman–Crippen LogP) is 0.951. The largest absolute Gasteiger partial charge is 0.383 e. The number of tetrazole rings is 1. The third kappa shape index (κ3) is 4.81. The van der Waals surface area contributed by atoms with Crippen LogP contribution in [0.15, 0.2) is 24.3 Å². The van der Waals surface area contributed by atoms with Gasteiger partial charge in [0.25, 0.3) is 0 Å². The molecule has 148 valence electrons. The molecule has 3 rings (SSSR count). The van der Waals surface area contributed by atoms with Crippen molar-refractivity contribution in [3.8, 4) is 0 Å². The minimum absolute atomic E-state index is 0.150. The fourth-order valence-electron chi connectivity index (χ4n) is 3.82. The van der Waals surface area contributed by atoms with E-state index >= 15 is 0 Å². The number of piperazine rings is 1. The van der Waals surface area contributed by atoms with Crippen LogP contribution in [-0.2, 0) is 11.3 Å². The zero-order chi connectivity index (χ0) is 19.2. The number of ether oxygens (including phenoxy) is 1. The van der Waals surface area contributed by atoms with E-state index in [2.05, 4.69) is 34.3 Å². The maximum atomic E-state index is 14.1. The molecule has 0 saturated carbocycles. The van der Waals surface area contributed by atoms with Crippen LogP contribution in [0.4, 0.5) is 10.1 Å². The molecule has 1 aliphatic rings. The number of halogens is 1. The Hall–Kier alpha value is -2.06. The molecule has 27 heavy (non-hydrogen) atoms. The van der Waals surface area contributed by atoms with Gasteiger partial charge in [-0.05, 0) is 28.5 Å². The van der Waals surface area contributed by atoms with Gasteiger partial charge in [-0.1, -0.05) is 26.0 Å². The molecule has 0 spiro atoms. The minimum atomic E-state index is -0.150. The van der Waals surface area contributed by atoms with Gasteiger partial charge in [0.05, 0.1) is 45.0 Å².